The molecule has 3 aromatic rings. The number of furan rings is 1. The third kappa shape index (κ3) is 3.66. The molecule has 0 bridgehead atoms. The van der Waals surface area contributed by atoms with E-state index >= 15 is 0 Å². The van der Waals surface area contributed by atoms with Gasteiger partial charge in [0.15, 0.2) is 11.7 Å². The molecule has 11 heteroatoms. The number of amides is 1. The highest BCUT2D eigenvalue weighted by molar-refractivity contribution is 5.93. The van der Waals surface area contributed by atoms with Gasteiger partial charge in [0.1, 0.15) is 11.6 Å². The molecule has 30 heavy (non-hydrogen) atoms. The maximum absolute atomic E-state index is 13.7. The summed E-state index contributed by atoms with van der Waals surface area (Å²) in [4.78, 5) is 14.3. The lowest BCUT2D eigenvalue weighted by atomic mass is 10.0. The number of hydrogen-bond acceptors (Lipinski definition) is 5. The fraction of sp³-hybridized carbons (Fsp3) is 0.421. The molecule has 1 amide bonds. The van der Waals surface area contributed by atoms with Crippen LogP contribution < -0.4 is 5.32 Å². The number of aryl methyl sites for hydroxylation is 2. The van der Waals surface area contributed by atoms with Gasteiger partial charge in [-0.25, -0.2) is 4.68 Å². The van der Waals surface area contributed by atoms with E-state index in [-0.39, 0.29) is 24.5 Å². The molecule has 0 spiro atoms. The summed E-state index contributed by atoms with van der Waals surface area (Å²) >= 11 is 0. The van der Waals surface area contributed by atoms with E-state index in [1.807, 2.05) is 6.92 Å². The summed E-state index contributed by atoms with van der Waals surface area (Å²) in [6.45, 7) is 2.10. The second-order valence-corrected chi connectivity index (χ2v) is 7.44. The molecule has 1 aliphatic heterocycles. The number of fused-ring (bicyclic) bond motifs is 1. The Hall–Kier alpha value is -3.24. The Morgan fingerprint density at radius 2 is 2.17 bits per heavy atom. The molecule has 0 fully saturated rings. The highest BCUT2D eigenvalue weighted by atomic mass is 19.4. The normalized spacial score (nSPS) is 18.7. The van der Waals surface area contributed by atoms with E-state index in [1.54, 1.807) is 37.1 Å². The number of anilines is 1. The molecule has 4 rings (SSSR count). The van der Waals surface area contributed by atoms with Crippen LogP contribution in [0.15, 0.2) is 35.1 Å². The molecule has 3 aromatic heterocycles. The summed E-state index contributed by atoms with van der Waals surface area (Å²) in [7, 11) is 3.35. The van der Waals surface area contributed by atoms with Gasteiger partial charge >= 0.3 is 6.18 Å². The molecular weight excluding hydrogens is 401 g/mol. The molecule has 1 aliphatic rings. The minimum Gasteiger partial charge on any atom is -0.467 e. The van der Waals surface area contributed by atoms with Gasteiger partial charge in [0.05, 0.1) is 18.0 Å². The van der Waals surface area contributed by atoms with Gasteiger partial charge in [-0.05, 0) is 19.1 Å². The SMILES string of the molecule is Cc1nn(C)cc1CN(C)C(=O)c1cc2n(n1)[C@H](C(F)(F)F)C[C@@H](c1ccco1)N2. The first-order valence-corrected chi connectivity index (χ1v) is 9.34. The molecule has 0 saturated heterocycles. The quantitative estimate of drug-likeness (QED) is 0.697. The smallest absolute Gasteiger partial charge is 0.410 e. The van der Waals surface area contributed by atoms with Gasteiger partial charge in [-0.2, -0.15) is 23.4 Å². The van der Waals surface area contributed by atoms with E-state index in [0.29, 0.717) is 5.76 Å². The van der Waals surface area contributed by atoms with E-state index in [4.69, 9.17) is 4.42 Å². The fourth-order valence-corrected chi connectivity index (χ4v) is 3.68. The Labute approximate surface area is 170 Å². The maximum Gasteiger partial charge on any atom is 0.410 e. The number of nitrogens with one attached hydrogen (secondary N) is 1. The molecule has 4 heterocycles. The number of carbonyl (C=O) groups excluding carboxylic acids is 1. The van der Waals surface area contributed by atoms with Crippen LogP contribution in [0.5, 0.6) is 0 Å². The van der Waals surface area contributed by atoms with Crippen molar-refractivity contribution < 1.29 is 22.4 Å². The van der Waals surface area contributed by atoms with Crippen LogP contribution in [0.2, 0.25) is 0 Å². The number of aromatic nitrogens is 4. The van der Waals surface area contributed by atoms with Gasteiger partial charge in [-0.15, -0.1) is 0 Å². The zero-order valence-electron chi connectivity index (χ0n) is 16.6. The van der Waals surface area contributed by atoms with Crippen LogP contribution in [0.3, 0.4) is 0 Å². The molecule has 0 aliphatic carbocycles. The van der Waals surface area contributed by atoms with Gasteiger partial charge in [-0.1, -0.05) is 0 Å². The number of nitrogens with zero attached hydrogens (tertiary/aromatic N) is 5. The van der Waals surface area contributed by atoms with E-state index in [9.17, 15) is 18.0 Å². The molecule has 8 nitrogen and oxygen atoms in total. The van der Waals surface area contributed by atoms with Gasteiger partial charge < -0.3 is 14.6 Å². The first kappa shape index (κ1) is 20.0. The monoisotopic (exact) mass is 422 g/mol. The Morgan fingerprint density at radius 1 is 1.40 bits per heavy atom. The fourth-order valence-electron chi connectivity index (χ4n) is 3.68. The topological polar surface area (TPSA) is 81.1 Å². The molecular formula is C19H21F3N6O2. The van der Waals surface area contributed by atoms with Gasteiger partial charge in [0.2, 0.25) is 0 Å². The van der Waals surface area contributed by atoms with E-state index in [1.165, 1.54) is 17.2 Å². The van der Waals surface area contributed by atoms with Crippen molar-refractivity contribution in [3.8, 4) is 0 Å². The number of halogens is 3. The molecule has 160 valence electrons. The second-order valence-electron chi connectivity index (χ2n) is 7.44. The summed E-state index contributed by atoms with van der Waals surface area (Å²) in [6.07, 6.45) is -1.60. The number of hydrogen-bond donors (Lipinski definition) is 1. The standard InChI is InChI=1S/C19H21F3N6O2/c1-11-12(10-27(3)24-11)9-26(2)18(29)14-8-17-23-13(15-5-4-6-30-15)7-16(19(20,21)22)28(17)25-14/h4-6,8,10,13,16,23H,7,9H2,1-3H3/t13-,16-/m0/s1. The lowest BCUT2D eigenvalue weighted by Gasteiger charge is -2.32. The van der Waals surface area contributed by atoms with Crippen molar-refractivity contribution in [2.45, 2.75) is 38.1 Å². The minimum absolute atomic E-state index is 0.0594. The van der Waals surface area contributed by atoms with Crippen LogP contribution in [0.25, 0.3) is 0 Å². The lowest BCUT2D eigenvalue weighted by Crippen LogP contribution is -2.35. The van der Waals surface area contributed by atoms with E-state index in [2.05, 4.69) is 15.5 Å². The highest BCUT2D eigenvalue weighted by Gasteiger charge is 2.47. The molecule has 2 atom stereocenters. The number of rotatable bonds is 4. The van der Waals surface area contributed by atoms with Crippen molar-refractivity contribution in [1.82, 2.24) is 24.5 Å². The zero-order valence-corrected chi connectivity index (χ0v) is 16.6. The van der Waals surface area contributed by atoms with Crippen molar-refractivity contribution in [2.24, 2.45) is 7.05 Å². The van der Waals surface area contributed by atoms with Crippen molar-refractivity contribution >= 4 is 11.7 Å². The van der Waals surface area contributed by atoms with Crippen LogP contribution in [-0.4, -0.2) is 43.6 Å². The zero-order chi connectivity index (χ0) is 21.6. The van der Waals surface area contributed by atoms with Gasteiger partial charge in [0.25, 0.3) is 5.91 Å². The first-order chi connectivity index (χ1) is 14.1. The van der Waals surface area contributed by atoms with Crippen LogP contribution in [0.1, 0.15) is 46.0 Å². The summed E-state index contributed by atoms with van der Waals surface area (Å²) < 4.78 is 48.9. The van der Waals surface area contributed by atoms with Gasteiger partial charge in [-0.3, -0.25) is 9.48 Å². The Kier molecular flexibility index (Phi) is 4.83. The Morgan fingerprint density at radius 3 is 2.77 bits per heavy atom. The van der Waals surface area contributed by atoms with Crippen LogP contribution in [0, 0.1) is 6.92 Å². The first-order valence-electron chi connectivity index (χ1n) is 9.34. The third-order valence-corrected chi connectivity index (χ3v) is 5.16. The van der Waals surface area contributed by atoms with Crippen LogP contribution in [0.4, 0.5) is 19.0 Å². The van der Waals surface area contributed by atoms with E-state index in [0.717, 1.165) is 15.9 Å². The summed E-state index contributed by atoms with van der Waals surface area (Å²) in [5.41, 5.74) is 1.57. The molecule has 1 N–H and O–H groups in total. The van der Waals surface area contributed by atoms with Crippen LogP contribution in [-0.2, 0) is 13.6 Å². The predicted octanol–water partition coefficient (Wildman–Crippen LogP) is 3.45. The highest BCUT2D eigenvalue weighted by Crippen LogP contribution is 2.43. The predicted molar refractivity (Wildman–Crippen MR) is 101 cm³/mol. The molecule has 0 saturated carbocycles. The van der Waals surface area contributed by atoms with Gasteiger partial charge in [0, 0.05) is 44.9 Å². The number of carbonyl (C=O) groups is 1. The molecule has 0 radical (unpaired) electrons. The van der Waals surface area contributed by atoms with Crippen molar-refractivity contribution in [1.29, 1.82) is 0 Å². The minimum atomic E-state index is -4.52. The van der Waals surface area contributed by atoms with Crippen molar-refractivity contribution in [2.75, 3.05) is 12.4 Å². The van der Waals surface area contributed by atoms with Crippen LogP contribution >= 0.6 is 0 Å². The second kappa shape index (κ2) is 7.22. The number of alkyl halides is 3. The van der Waals surface area contributed by atoms with Crippen molar-refractivity contribution in [3.05, 3.63) is 53.4 Å². The largest absolute Gasteiger partial charge is 0.467 e. The Bertz CT molecular complexity index is 1050. The average molecular weight is 422 g/mol. The lowest BCUT2D eigenvalue weighted by molar-refractivity contribution is -0.174. The Balaban J connectivity index is 1.61. The summed E-state index contributed by atoms with van der Waals surface area (Å²) in [5, 5.41) is 11.2. The summed E-state index contributed by atoms with van der Waals surface area (Å²) in [6, 6.07) is 2.05. The maximum atomic E-state index is 13.7. The van der Waals surface area contributed by atoms with Crippen molar-refractivity contribution in [3.63, 3.8) is 0 Å². The molecule has 0 aromatic carbocycles. The average Bonchev–Trinajstić information content (AvgIpc) is 3.39. The summed E-state index contributed by atoms with van der Waals surface area (Å²) in [5.74, 6) is 0.0467. The molecule has 0 unspecified atom stereocenters. The third-order valence-electron chi connectivity index (χ3n) is 5.16. The van der Waals surface area contributed by atoms with E-state index < -0.39 is 24.2 Å².